The fourth-order valence-electron chi connectivity index (χ4n) is 1.75. The van der Waals surface area contributed by atoms with Crippen LogP contribution in [0.25, 0.3) is 0 Å². The molecule has 2 rings (SSSR count). The molecule has 0 radical (unpaired) electrons. The molecule has 0 aliphatic heterocycles. The first-order chi connectivity index (χ1) is 11.5. The zero-order chi connectivity index (χ0) is 17.9. The minimum absolute atomic E-state index is 0.751. The van der Waals surface area contributed by atoms with Crippen molar-refractivity contribution < 1.29 is 29.3 Å². The van der Waals surface area contributed by atoms with E-state index in [1.807, 2.05) is 48.5 Å². The van der Waals surface area contributed by atoms with E-state index in [2.05, 4.69) is 5.32 Å². The maximum atomic E-state index is 9.10. The lowest BCUT2D eigenvalue weighted by Crippen LogP contribution is -2.09. The Hall–Kier alpha value is -3.22. The van der Waals surface area contributed by atoms with Gasteiger partial charge in [-0.05, 0) is 29.8 Å². The van der Waals surface area contributed by atoms with Crippen LogP contribution >= 0.6 is 0 Å². The second-order valence-electron chi connectivity index (χ2n) is 4.52. The van der Waals surface area contributed by atoms with E-state index in [0.717, 1.165) is 29.3 Å². The van der Waals surface area contributed by atoms with Crippen LogP contribution < -0.4 is 14.8 Å². The number of benzene rings is 2. The number of aliphatic carboxylic acids is 2. The molecule has 0 fully saturated rings. The van der Waals surface area contributed by atoms with Gasteiger partial charge in [0.25, 0.3) is 0 Å². The second-order valence-corrected chi connectivity index (χ2v) is 4.52. The molecule has 0 heterocycles. The van der Waals surface area contributed by atoms with Gasteiger partial charge in [0, 0.05) is 12.2 Å². The van der Waals surface area contributed by atoms with Crippen molar-refractivity contribution in [3.05, 3.63) is 54.1 Å². The molecule has 7 heteroatoms. The van der Waals surface area contributed by atoms with Crippen LogP contribution in [0.4, 0.5) is 5.69 Å². The van der Waals surface area contributed by atoms with Crippen molar-refractivity contribution in [3.8, 4) is 11.5 Å². The van der Waals surface area contributed by atoms with Crippen molar-refractivity contribution in [2.75, 3.05) is 19.5 Å². The van der Waals surface area contributed by atoms with Gasteiger partial charge in [0.15, 0.2) is 11.5 Å². The number of para-hydroxylation sites is 1. The summed E-state index contributed by atoms with van der Waals surface area (Å²) in [5, 5.41) is 18.1. The van der Waals surface area contributed by atoms with E-state index in [4.69, 9.17) is 29.3 Å². The topological polar surface area (TPSA) is 105 Å². The molecule has 0 spiro atoms. The van der Waals surface area contributed by atoms with Crippen LogP contribution in [0.2, 0.25) is 0 Å². The molecule has 2 aromatic carbocycles. The maximum absolute atomic E-state index is 9.10. The highest BCUT2D eigenvalue weighted by atomic mass is 16.5. The van der Waals surface area contributed by atoms with Crippen molar-refractivity contribution in [2.45, 2.75) is 6.54 Å². The molecule has 0 bridgehead atoms. The summed E-state index contributed by atoms with van der Waals surface area (Å²) in [6.07, 6.45) is 0. The van der Waals surface area contributed by atoms with Crippen molar-refractivity contribution in [1.82, 2.24) is 0 Å². The predicted octanol–water partition coefficient (Wildman–Crippen LogP) is 2.47. The van der Waals surface area contributed by atoms with Crippen LogP contribution in [-0.4, -0.2) is 36.4 Å². The van der Waals surface area contributed by atoms with Gasteiger partial charge in [-0.3, -0.25) is 0 Å². The number of hydrogen-bond acceptors (Lipinski definition) is 5. The number of ether oxygens (including phenoxy) is 2. The zero-order valence-corrected chi connectivity index (χ0v) is 13.4. The summed E-state index contributed by atoms with van der Waals surface area (Å²) >= 11 is 0. The van der Waals surface area contributed by atoms with E-state index < -0.39 is 11.9 Å². The number of anilines is 1. The number of carboxylic acid groups (broad SMARTS) is 2. The van der Waals surface area contributed by atoms with Gasteiger partial charge in [0.2, 0.25) is 0 Å². The summed E-state index contributed by atoms with van der Waals surface area (Å²) < 4.78 is 10.5. The van der Waals surface area contributed by atoms with Gasteiger partial charge in [-0.2, -0.15) is 0 Å². The summed E-state index contributed by atoms with van der Waals surface area (Å²) in [4.78, 5) is 18.2. The van der Waals surface area contributed by atoms with Crippen LogP contribution in [0.5, 0.6) is 11.5 Å². The highest BCUT2D eigenvalue weighted by Gasteiger charge is 2.04. The lowest BCUT2D eigenvalue weighted by atomic mass is 10.2. The summed E-state index contributed by atoms with van der Waals surface area (Å²) in [5.74, 6) is -2.14. The standard InChI is InChI=1S/C15H17NO2.C2H2O4/c1-17-14-9-8-12(10-15(14)18-2)11-16-13-6-4-3-5-7-13;3-1(4)2(5)6/h3-10,16H,11H2,1-2H3;(H,3,4)(H,5,6). The number of hydrogen-bond donors (Lipinski definition) is 3. The van der Waals surface area contributed by atoms with Crippen molar-refractivity contribution in [3.63, 3.8) is 0 Å². The molecule has 128 valence electrons. The molecule has 0 atom stereocenters. The summed E-state index contributed by atoms with van der Waals surface area (Å²) in [5.41, 5.74) is 2.25. The fourth-order valence-corrected chi connectivity index (χ4v) is 1.75. The Bertz CT molecular complexity index is 660. The highest BCUT2D eigenvalue weighted by molar-refractivity contribution is 6.27. The molecule has 2 aromatic rings. The third-order valence-electron chi connectivity index (χ3n) is 2.90. The number of nitrogens with one attached hydrogen (secondary N) is 1. The Labute approximate surface area is 139 Å². The molecule has 0 unspecified atom stereocenters. The van der Waals surface area contributed by atoms with E-state index in [1.54, 1.807) is 14.2 Å². The fraction of sp³-hybridized carbons (Fsp3) is 0.176. The third-order valence-corrected chi connectivity index (χ3v) is 2.90. The normalized spacial score (nSPS) is 9.25. The molecule has 7 nitrogen and oxygen atoms in total. The average Bonchev–Trinajstić information content (AvgIpc) is 2.61. The summed E-state index contributed by atoms with van der Waals surface area (Å²) in [6, 6.07) is 16.0. The molecule has 0 saturated carbocycles. The molecule has 0 aliphatic rings. The molecule has 0 saturated heterocycles. The van der Waals surface area contributed by atoms with Gasteiger partial charge in [-0.1, -0.05) is 24.3 Å². The van der Waals surface area contributed by atoms with Crippen LogP contribution in [0, 0.1) is 0 Å². The van der Waals surface area contributed by atoms with Crippen molar-refractivity contribution in [2.24, 2.45) is 0 Å². The predicted molar refractivity (Wildman–Crippen MR) is 88.6 cm³/mol. The monoisotopic (exact) mass is 333 g/mol. The quantitative estimate of drug-likeness (QED) is 0.722. The van der Waals surface area contributed by atoms with Gasteiger partial charge < -0.3 is 25.0 Å². The zero-order valence-electron chi connectivity index (χ0n) is 13.4. The van der Waals surface area contributed by atoms with Crippen LogP contribution in [0.3, 0.4) is 0 Å². The lowest BCUT2D eigenvalue weighted by Gasteiger charge is -2.10. The SMILES string of the molecule is COc1ccc(CNc2ccccc2)cc1OC.O=C(O)C(=O)O. The first kappa shape index (κ1) is 18.8. The molecule has 24 heavy (non-hydrogen) atoms. The van der Waals surface area contributed by atoms with Crippen LogP contribution in [0.15, 0.2) is 48.5 Å². The molecule has 0 aliphatic carbocycles. The van der Waals surface area contributed by atoms with E-state index >= 15 is 0 Å². The Kier molecular flexibility index (Phi) is 7.63. The number of methoxy groups -OCH3 is 2. The van der Waals surface area contributed by atoms with Gasteiger partial charge in [-0.25, -0.2) is 9.59 Å². The lowest BCUT2D eigenvalue weighted by molar-refractivity contribution is -0.159. The summed E-state index contributed by atoms with van der Waals surface area (Å²) in [7, 11) is 3.28. The Morgan fingerprint density at radius 3 is 2.00 bits per heavy atom. The molecule has 0 amide bonds. The number of carbonyl (C=O) groups is 2. The molecular weight excluding hydrogens is 314 g/mol. The van der Waals surface area contributed by atoms with Crippen molar-refractivity contribution in [1.29, 1.82) is 0 Å². The first-order valence-corrected chi connectivity index (χ1v) is 6.94. The van der Waals surface area contributed by atoms with Gasteiger partial charge in [0.1, 0.15) is 0 Å². The van der Waals surface area contributed by atoms with Gasteiger partial charge >= 0.3 is 11.9 Å². The molecular formula is C17H19NO6. The maximum Gasteiger partial charge on any atom is 0.414 e. The minimum Gasteiger partial charge on any atom is -0.493 e. The van der Waals surface area contributed by atoms with Gasteiger partial charge in [-0.15, -0.1) is 0 Å². The average molecular weight is 333 g/mol. The van der Waals surface area contributed by atoms with Crippen LogP contribution in [-0.2, 0) is 16.1 Å². The smallest absolute Gasteiger partial charge is 0.414 e. The van der Waals surface area contributed by atoms with Crippen molar-refractivity contribution >= 4 is 17.6 Å². The second kappa shape index (κ2) is 9.73. The van der Waals surface area contributed by atoms with E-state index in [9.17, 15) is 0 Å². The van der Waals surface area contributed by atoms with E-state index in [-0.39, 0.29) is 0 Å². The first-order valence-electron chi connectivity index (χ1n) is 6.94. The van der Waals surface area contributed by atoms with Crippen LogP contribution in [0.1, 0.15) is 5.56 Å². The molecule has 3 N–H and O–H groups in total. The highest BCUT2D eigenvalue weighted by Crippen LogP contribution is 2.27. The molecule has 0 aromatic heterocycles. The number of rotatable bonds is 5. The van der Waals surface area contributed by atoms with E-state index in [1.165, 1.54) is 0 Å². The Balaban J connectivity index is 0.000000413. The number of carboxylic acids is 2. The minimum atomic E-state index is -1.82. The largest absolute Gasteiger partial charge is 0.493 e. The third kappa shape index (κ3) is 6.27. The van der Waals surface area contributed by atoms with E-state index in [0.29, 0.717) is 0 Å². The Morgan fingerprint density at radius 2 is 1.50 bits per heavy atom. The Morgan fingerprint density at radius 1 is 0.917 bits per heavy atom. The van der Waals surface area contributed by atoms with Gasteiger partial charge in [0.05, 0.1) is 14.2 Å². The summed E-state index contributed by atoms with van der Waals surface area (Å²) in [6.45, 7) is 0.754.